The van der Waals surface area contributed by atoms with Crippen molar-refractivity contribution in [2.75, 3.05) is 7.11 Å². The first-order valence-corrected chi connectivity index (χ1v) is 6.75. The molecule has 0 amide bonds. The summed E-state index contributed by atoms with van der Waals surface area (Å²) < 4.78 is 4.69. The number of aliphatic hydroxyl groups is 1. The lowest BCUT2D eigenvalue weighted by Crippen LogP contribution is -2.32. The van der Waals surface area contributed by atoms with Crippen LogP contribution < -0.4 is 5.73 Å². The van der Waals surface area contributed by atoms with Gasteiger partial charge in [-0.3, -0.25) is 0 Å². The maximum Gasteiger partial charge on any atom is 0.337 e. The monoisotopic (exact) mass is 299 g/mol. The highest BCUT2D eigenvalue weighted by Crippen LogP contribution is 2.32. The predicted molar refractivity (Wildman–Crippen MR) is 79.9 cm³/mol. The Kier molecular flexibility index (Phi) is 6.46. The van der Waals surface area contributed by atoms with Crippen LogP contribution in [0.25, 0.3) is 0 Å². The third kappa shape index (κ3) is 3.72. The SMILES string of the molecule is COC(=O)c1cccc([C@H](N)[C@H](O)C2CCCC2)c1.Cl. The molecule has 2 atom stereocenters. The molecule has 112 valence electrons. The summed E-state index contributed by atoms with van der Waals surface area (Å²) in [5.74, 6) is -0.110. The molecular weight excluding hydrogens is 278 g/mol. The van der Waals surface area contributed by atoms with E-state index in [9.17, 15) is 9.90 Å². The zero-order valence-corrected chi connectivity index (χ0v) is 12.4. The van der Waals surface area contributed by atoms with Gasteiger partial charge in [0.2, 0.25) is 0 Å². The van der Waals surface area contributed by atoms with E-state index in [1.54, 1.807) is 18.2 Å². The molecule has 0 saturated heterocycles. The Bertz CT molecular complexity index is 446. The summed E-state index contributed by atoms with van der Waals surface area (Å²) in [6, 6.07) is 6.55. The number of ether oxygens (including phenoxy) is 1. The molecule has 0 aliphatic heterocycles. The summed E-state index contributed by atoms with van der Waals surface area (Å²) in [4.78, 5) is 11.5. The van der Waals surface area contributed by atoms with Gasteiger partial charge in [0.15, 0.2) is 0 Å². The summed E-state index contributed by atoms with van der Waals surface area (Å²) in [6.45, 7) is 0. The molecule has 1 fully saturated rings. The van der Waals surface area contributed by atoms with E-state index in [4.69, 9.17) is 5.73 Å². The standard InChI is InChI=1S/C15H21NO3.ClH/c1-19-15(18)12-8-4-7-11(9-12)13(16)14(17)10-5-2-3-6-10;/h4,7-10,13-14,17H,2-3,5-6,16H2,1H3;1H/t13-,14+;/m0./s1. The third-order valence-corrected chi connectivity index (χ3v) is 3.94. The van der Waals surface area contributed by atoms with E-state index in [2.05, 4.69) is 4.74 Å². The van der Waals surface area contributed by atoms with Crippen LogP contribution in [0.5, 0.6) is 0 Å². The second-order valence-electron chi connectivity index (χ2n) is 5.18. The van der Waals surface area contributed by atoms with Crippen molar-refractivity contribution in [3.05, 3.63) is 35.4 Å². The second kappa shape index (κ2) is 7.62. The molecule has 0 unspecified atom stereocenters. The summed E-state index contributed by atoms with van der Waals surface area (Å²) in [6.07, 6.45) is 3.85. The number of esters is 1. The molecule has 3 N–H and O–H groups in total. The number of halogens is 1. The number of aliphatic hydroxyl groups excluding tert-OH is 1. The molecule has 1 aromatic rings. The van der Waals surface area contributed by atoms with Gasteiger partial charge < -0.3 is 15.6 Å². The average molecular weight is 300 g/mol. The molecule has 4 nitrogen and oxygen atoms in total. The molecule has 1 aromatic carbocycles. The second-order valence-corrected chi connectivity index (χ2v) is 5.18. The molecule has 1 aliphatic rings. The Morgan fingerprint density at radius 1 is 1.40 bits per heavy atom. The molecule has 2 rings (SSSR count). The highest BCUT2D eigenvalue weighted by Gasteiger charge is 2.28. The van der Waals surface area contributed by atoms with Crippen molar-refractivity contribution in [3.8, 4) is 0 Å². The summed E-state index contributed by atoms with van der Waals surface area (Å²) in [5.41, 5.74) is 7.37. The minimum absolute atomic E-state index is 0. The smallest absolute Gasteiger partial charge is 0.337 e. The number of hydrogen-bond donors (Lipinski definition) is 2. The first-order chi connectivity index (χ1) is 9.13. The van der Waals surface area contributed by atoms with E-state index >= 15 is 0 Å². The van der Waals surface area contributed by atoms with E-state index in [-0.39, 0.29) is 24.3 Å². The number of rotatable bonds is 4. The highest BCUT2D eigenvalue weighted by molar-refractivity contribution is 5.89. The van der Waals surface area contributed by atoms with E-state index < -0.39 is 12.1 Å². The number of benzene rings is 1. The van der Waals surface area contributed by atoms with Gasteiger partial charge in [0, 0.05) is 0 Å². The van der Waals surface area contributed by atoms with Crippen LogP contribution in [-0.2, 0) is 4.74 Å². The van der Waals surface area contributed by atoms with Crippen molar-refractivity contribution in [3.63, 3.8) is 0 Å². The highest BCUT2D eigenvalue weighted by atomic mass is 35.5. The molecular formula is C15H22ClNO3. The number of nitrogens with two attached hydrogens (primary N) is 1. The van der Waals surface area contributed by atoms with Gasteiger partial charge in [-0.15, -0.1) is 12.4 Å². The topological polar surface area (TPSA) is 72.5 Å². The van der Waals surface area contributed by atoms with Gasteiger partial charge >= 0.3 is 5.97 Å². The minimum atomic E-state index is -0.546. The van der Waals surface area contributed by atoms with Gasteiger partial charge in [-0.05, 0) is 36.5 Å². The van der Waals surface area contributed by atoms with Gasteiger partial charge in [-0.1, -0.05) is 25.0 Å². The zero-order valence-electron chi connectivity index (χ0n) is 11.6. The fourth-order valence-corrected chi connectivity index (χ4v) is 2.78. The van der Waals surface area contributed by atoms with Gasteiger partial charge in [0.25, 0.3) is 0 Å². The van der Waals surface area contributed by atoms with Crippen LogP contribution in [0, 0.1) is 5.92 Å². The van der Waals surface area contributed by atoms with Crippen LogP contribution in [0.2, 0.25) is 0 Å². The lowest BCUT2D eigenvalue weighted by Gasteiger charge is -2.24. The number of carbonyl (C=O) groups excluding carboxylic acids is 1. The lowest BCUT2D eigenvalue weighted by molar-refractivity contribution is 0.0599. The Labute approximate surface area is 125 Å². The number of carbonyl (C=O) groups is 1. The molecule has 0 aromatic heterocycles. The quantitative estimate of drug-likeness (QED) is 0.838. The van der Waals surface area contributed by atoms with Gasteiger partial charge in [0.1, 0.15) is 0 Å². The maximum atomic E-state index is 11.5. The predicted octanol–water partition coefficient (Wildman–Crippen LogP) is 2.45. The maximum absolute atomic E-state index is 11.5. The fraction of sp³-hybridized carbons (Fsp3) is 0.533. The van der Waals surface area contributed by atoms with Crippen molar-refractivity contribution in [2.24, 2.45) is 11.7 Å². The molecule has 0 heterocycles. The Hall–Kier alpha value is -1.10. The third-order valence-electron chi connectivity index (χ3n) is 3.94. The van der Waals surface area contributed by atoms with Crippen molar-refractivity contribution in [2.45, 2.75) is 37.8 Å². The van der Waals surface area contributed by atoms with Crippen molar-refractivity contribution in [1.29, 1.82) is 0 Å². The van der Waals surface area contributed by atoms with Crippen molar-refractivity contribution < 1.29 is 14.6 Å². The van der Waals surface area contributed by atoms with Crippen LogP contribution in [0.3, 0.4) is 0 Å². The molecule has 1 aliphatic carbocycles. The van der Waals surface area contributed by atoms with Crippen molar-refractivity contribution in [1.82, 2.24) is 0 Å². The number of methoxy groups -OCH3 is 1. The van der Waals surface area contributed by atoms with Gasteiger partial charge in [-0.2, -0.15) is 0 Å². The Morgan fingerprint density at radius 3 is 2.65 bits per heavy atom. The summed E-state index contributed by atoms with van der Waals surface area (Å²) >= 11 is 0. The first-order valence-electron chi connectivity index (χ1n) is 6.75. The van der Waals surface area contributed by atoms with Crippen LogP contribution >= 0.6 is 12.4 Å². The van der Waals surface area contributed by atoms with E-state index in [0.717, 1.165) is 31.2 Å². The molecule has 20 heavy (non-hydrogen) atoms. The molecule has 0 bridgehead atoms. The van der Waals surface area contributed by atoms with E-state index in [1.165, 1.54) is 7.11 Å². The minimum Gasteiger partial charge on any atom is -0.465 e. The Balaban J connectivity index is 0.00000200. The largest absolute Gasteiger partial charge is 0.465 e. The van der Waals surface area contributed by atoms with Gasteiger partial charge in [0.05, 0.1) is 24.8 Å². The van der Waals surface area contributed by atoms with Crippen molar-refractivity contribution >= 4 is 18.4 Å². The van der Waals surface area contributed by atoms with Crippen LogP contribution in [0.15, 0.2) is 24.3 Å². The lowest BCUT2D eigenvalue weighted by atomic mass is 9.90. The molecule has 0 spiro atoms. The molecule has 5 heteroatoms. The van der Waals surface area contributed by atoms with Crippen LogP contribution in [0.4, 0.5) is 0 Å². The van der Waals surface area contributed by atoms with Crippen LogP contribution in [-0.4, -0.2) is 24.3 Å². The molecule has 0 radical (unpaired) electrons. The molecule has 1 saturated carbocycles. The van der Waals surface area contributed by atoms with Crippen LogP contribution in [0.1, 0.15) is 47.6 Å². The zero-order chi connectivity index (χ0) is 13.8. The summed E-state index contributed by atoms with van der Waals surface area (Å²) in [7, 11) is 1.35. The average Bonchev–Trinajstić information content (AvgIpc) is 2.99. The van der Waals surface area contributed by atoms with Gasteiger partial charge in [-0.25, -0.2) is 4.79 Å². The fourth-order valence-electron chi connectivity index (χ4n) is 2.78. The Morgan fingerprint density at radius 2 is 2.05 bits per heavy atom. The van der Waals surface area contributed by atoms with E-state index in [0.29, 0.717) is 5.56 Å². The van der Waals surface area contributed by atoms with E-state index in [1.807, 2.05) is 6.07 Å². The number of hydrogen-bond acceptors (Lipinski definition) is 4. The summed E-state index contributed by atoms with van der Waals surface area (Å²) in [5, 5.41) is 10.3. The first kappa shape index (κ1) is 17.0. The normalized spacial score (nSPS) is 18.1.